The lowest BCUT2D eigenvalue weighted by atomic mass is 9.88. The molecule has 2 fully saturated rings. The molecule has 2 saturated heterocycles. The Labute approximate surface area is 167 Å². The summed E-state index contributed by atoms with van der Waals surface area (Å²) in [6.07, 6.45) is 3.32. The number of ether oxygens (including phenoxy) is 1. The van der Waals surface area contributed by atoms with Crippen molar-refractivity contribution in [2.24, 2.45) is 0 Å². The molecule has 148 valence electrons. The Morgan fingerprint density at radius 1 is 1.21 bits per heavy atom. The molecule has 1 aromatic carbocycles. The zero-order valence-corrected chi connectivity index (χ0v) is 16.3. The van der Waals surface area contributed by atoms with E-state index < -0.39 is 11.7 Å². The third-order valence-electron chi connectivity index (χ3n) is 5.68. The van der Waals surface area contributed by atoms with E-state index in [-0.39, 0.29) is 23.2 Å². The minimum atomic E-state index is -0.522. The summed E-state index contributed by atoms with van der Waals surface area (Å²) in [7, 11) is 0. The van der Waals surface area contributed by atoms with Crippen LogP contribution in [0.5, 0.6) is 0 Å². The van der Waals surface area contributed by atoms with Crippen LogP contribution in [0.4, 0.5) is 4.39 Å². The Hall–Kier alpha value is -2.25. The van der Waals surface area contributed by atoms with Gasteiger partial charge in [0.15, 0.2) is 0 Å². The number of benzene rings is 1. The number of halogens is 1. The van der Waals surface area contributed by atoms with Crippen LogP contribution in [0.25, 0.3) is 0 Å². The molecule has 1 N–H and O–H groups in total. The SMILES string of the molecule is O=C(NC[C@H]1CCC2(CCN(C(=O)c3ccsc3)CC2)O1)c1ccccc1F. The van der Waals surface area contributed by atoms with Crippen molar-refractivity contribution in [1.29, 1.82) is 0 Å². The van der Waals surface area contributed by atoms with Gasteiger partial charge in [0.25, 0.3) is 11.8 Å². The van der Waals surface area contributed by atoms with Gasteiger partial charge in [-0.2, -0.15) is 11.3 Å². The number of carbonyl (C=O) groups is 2. The summed E-state index contributed by atoms with van der Waals surface area (Å²) in [5.74, 6) is -0.854. The molecule has 2 amide bonds. The predicted molar refractivity (Wildman–Crippen MR) is 105 cm³/mol. The summed E-state index contributed by atoms with van der Waals surface area (Å²) in [6.45, 7) is 1.73. The minimum absolute atomic E-state index is 0.0514. The number of nitrogens with one attached hydrogen (secondary N) is 1. The summed E-state index contributed by atoms with van der Waals surface area (Å²) in [4.78, 5) is 26.5. The summed E-state index contributed by atoms with van der Waals surface area (Å²) in [5, 5.41) is 6.58. The molecule has 4 rings (SSSR count). The van der Waals surface area contributed by atoms with E-state index in [4.69, 9.17) is 4.74 Å². The number of piperidine rings is 1. The van der Waals surface area contributed by atoms with Crippen LogP contribution in [0, 0.1) is 5.82 Å². The molecule has 0 saturated carbocycles. The molecule has 1 spiro atoms. The van der Waals surface area contributed by atoms with Crippen LogP contribution in [0.1, 0.15) is 46.4 Å². The molecule has 0 aliphatic carbocycles. The number of rotatable bonds is 4. The Morgan fingerprint density at radius 2 is 2.00 bits per heavy atom. The molecular weight excluding hydrogens is 379 g/mol. The van der Waals surface area contributed by atoms with Crippen LogP contribution in [0.15, 0.2) is 41.1 Å². The fourth-order valence-electron chi connectivity index (χ4n) is 4.04. The summed E-state index contributed by atoms with van der Waals surface area (Å²) < 4.78 is 20.0. The Kier molecular flexibility index (Phi) is 5.46. The standard InChI is InChI=1S/C21H23FN2O3S/c22-18-4-2-1-3-17(18)19(25)23-13-16-5-7-21(27-16)8-10-24(11-9-21)20(26)15-6-12-28-14-15/h1-4,6,12,14,16H,5,7-11,13H2,(H,23,25)/t16-/m1/s1. The van der Waals surface area contributed by atoms with Gasteiger partial charge in [-0.15, -0.1) is 0 Å². The topological polar surface area (TPSA) is 58.6 Å². The van der Waals surface area contributed by atoms with Gasteiger partial charge >= 0.3 is 0 Å². The predicted octanol–water partition coefficient (Wildman–Crippen LogP) is 3.47. The average molecular weight is 402 g/mol. The number of likely N-dealkylation sites (tertiary alicyclic amines) is 1. The highest BCUT2D eigenvalue weighted by atomic mass is 32.1. The van der Waals surface area contributed by atoms with Crippen LogP contribution >= 0.6 is 11.3 Å². The van der Waals surface area contributed by atoms with Crippen molar-refractivity contribution in [1.82, 2.24) is 10.2 Å². The Bertz CT molecular complexity index is 847. The monoisotopic (exact) mass is 402 g/mol. The van der Waals surface area contributed by atoms with Gasteiger partial charge in [-0.05, 0) is 49.3 Å². The lowest BCUT2D eigenvalue weighted by Gasteiger charge is -2.39. The van der Waals surface area contributed by atoms with Crippen molar-refractivity contribution in [2.45, 2.75) is 37.4 Å². The number of nitrogens with zero attached hydrogens (tertiary/aromatic N) is 1. The van der Waals surface area contributed by atoms with Gasteiger partial charge in [0.05, 0.1) is 22.8 Å². The third kappa shape index (κ3) is 3.95. The molecule has 2 aromatic rings. The van der Waals surface area contributed by atoms with Gasteiger partial charge in [0.1, 0.15) is 5.82 Å². The first kappa shape index (κ1) is 19.1. The molecule has 1 aromatic heterocycles. The minimum Gasteiger partial charge on any atom is -0.370 e. The fraction of sp³-hybridized carbons (Fsp3) is 0.429. The second-order valence-corrected chi connectivity index (χ2v) is 8.24. The van der Waals surface area contributed by atoms with Crippen LogP contribution in [0.3, 0.4) is 0 Å². The van der Waals surface area contributed by atoms with E-state index in [1.54, 1.807) is 12.1 Å². The highest BCUT2D eigenvalue weighted by molar-refractivity contribution is 7.08. The van der Waals surface area contributed by atoms with Gasteiger partial charge in [-0.3, -0.25) is 9.59 Å². The number of amides is 2. The van der Waals surface area contributed by atoms with E-state index in [0.717, 1.165) is 31.2 Å². The zero-order chi connectivity index (χ0) is 19.6. The van der Waals surface area contributed by atoms with Crippen molar-refractivity contribution < 1.29 is 18.7 Å². The molecule has 0 bridgehead atoms. The number of thiophene rings is 1. The van der Waals surface area contributed by atoms with Crippen molar-refractivity contribution in [3.05, 3.63) is 58.0 Å². The summed E-state index contributed by atoms with van der Waals surface area (Å²) in [6, 6.07) is 7.82. The van der Waals surface area contributed by atoms with Crippen LogP contribution in [0.2, 0.25) is 0 Å². The first-order valence-electron chi connectivity index (χ1n) is 9.58. The van der Waals surface area contributed by atoms with E-state index in [2.05, 4.69) is 5.32 Å². The van der Waals surface area contributed by atoms with Crippen molar-refractivity contribution in [3.63, 3.8) is 0 Å². The summed E-state index contributed by atoms with van der Waals surface area (Å²) in [5.41, 5.74) is 0.594. The number of hydrogen-bond donors (Lipinski definition) is 1. The first-order valence-corrected chi connectivity index (χ1v) is 10.5. The molecule has 3 heterocycles. The second-order valence-electron chi connectivity index (χ2n) is 7.46. The Morgan fingerprint density at radius 3 is 2.71 bits per heavy atom. The molecule has 0 radical (unpaired) electrons. The molecule has 2 aliphatic rings. The molecule has 1 atom stereocenters. The van der Waals surface area contributed by atoms with Crippen LogP contribution in [-0.4, -0.2) is 48.1 Å². The smallest absolute Gasteiger partial charge is 0.254 e. The maximum Gasteiger partial charge on any atom is 0.254 e. The normalized spacial score (nSPS) is 21.0. The van der Waals surface area contributed by atoms with Gasteiger partial charge in [0, 0.05) is 25.0 Å². The highest BCUT2D eigenvalue weighted by Crippen LogP contribution is 2.39. The first-order chi connectivity index (χ1) is 13.6. The van der Waals surface area contributed by atoms with Crippen molar-refractivity contribution >= 4 is 23.2 Å². The third-order valence-corrected chi connectivity index (χ3v) is 6.36. The van der Waals surface area contributed by atoms with Gasteiger partial charge in [-0.1, -0.05) is 12.1 Å². The maximum atomic E-state index is 13.7. The lowest BCUT2D eigenvalue weighted by Crippen LogP contribution is -2.47. The molecule has 28 heavy (non-hydrogen) atoms. The zero-order valence-electron chi connectivity index (χ0n) is 15.5. The van der Waals surface area contributed by atoms with E-state index in [9.17, 15) is 14.0 Å². The average Bonchev–Trinajstić information content (AvgIpc) is 3.37. The van der Waals surface area contributed by atoms with E-state index in [0.29, 0.717) is 19.6 Å². The van der Waals surface area contributed by atoms with Crippen molar-refractivity contribution in [3.8, 4) is 0 Å². The van der Waals surface area contributed by atoms with E-state index in [1.165, 1.54) is 23.5 Å². The number of carbonyl (C=O) groups excluding carboxylic acids is 2. The number of hydrogen-bond acceptors (Lipinski definition) is 4. The van der Waals surface area contributed by atoms with Gasteiger partial charge in [-0.25, -0.2) is 4.39 Å². The fourth-order valence-corrected chi connectivity index (χ4v) is 4.67. The Balaban J connectivity index is 1.27. The second kappa shape index (κ2) is 8.01. The van der Waals surface area contributed by atoms with E-state index in [1.807, 2.05) is 21.7 Å². The quantitative estimate of drug-likeness (QED) is 0.852. The van der Waals surface area contributed by atoms with E-state index >= 15 is 0 Å². The van der Waals surface area contributed by atoms with Crippen LogP contribution < -0.4 is 5.32 Å². The largest absolute Gasteiger partial charge is 0.370 e. The van der Waals surface area contributed by atoms with Crippen molar-refractivity contribution in [2.75, 3.05) is 19.6 Å². The van der Waals surface area contributed by atoms with Crippen LogP contribution in [-0.2, 0) is 4.74 Å². The lowest BCUT2D eigenvalue weighted by molar-refractivity contribution is -0.0712. The molecule has 2 aliphatic heterocycles. The molecule has 5 nitrogen and oxygen atoms in total. The van der Waals surface area contributed by atoms with Gasteiger partial charge < -0.3 is 15.0 Å². The summed E-state index contributed by atoms with van der Waals surface area (Å²) >= 11 is 1.53. The molecule has 0 unspecified atom stereocenters. The van der Waals surface area contributed by atoms with Gasteiger partial charge in [0.2, 0.25) is 0 Å². The maximum absolute atomic E-state index is 13.7. The molecular formula is C21H23FN2O3S. The molecule has 7 heteroatoms. The highest BCUT2D eigenvalue weighted by Gasteiger charge is 2.43.